The molecule has 2 amide bonds. The van der Waals surface area contributed by atoms with Crippen molar-refractivity contribution >= 4 is 35.0 Å². The molecule has 1 saturated carbocycles. The molecule has 0 saturated heterocycles. The maximum atomic E-state index is 12.5. The number of rotatable bonds is 6. The van der Waals surface area contributed by atoms with E-state index in [0.717, 1.165) is 5.56 Å². The monoisotopic (exact) mass is 408 g/mol. The van der Waals surface area contributed by atoms with Crippen molar-refractivity contribution in [2.75, 3.05) is 7.05 Å². The van der Waals surface area contributed by atoms with Crippen LogP contribution in [-0.2, 0) is 21.6 Å². The molecule has 2 atom stereocenters. The maximum absolute atomic E-state index is 12.5. The molecule has 3 N–H and O–H groups in total. The lowest BCUT2D eigenvalue weighted by molar-refractivity contribution is -0.133. The lowest BCUT2D eigenvalue weighted by Crippen LogP contribution is -2.37. The van der Waals surface area contributed by atoms with Crippen LogP contribution in [-0.4, -0.2) is 24.1 Å². The Balaban J connectivity index is 1.83. The first-order chi connectivity index (χ1) is 12.9. The lowest BCUT2D eigenvalue weighted by atomic mass is 9.91. The van der Waals surface area contributed by atoms with Crippen LogP contribution in [0.1, 0.15) is 17.5 Å². The van der Waals surface area contributed by atoms with Gasteiger partial charge in [0.25, 0.3) is 0 Å². The Hall–Kier alpha value is -2.28. The molecule has 0 bridgehead atoms. The van der Waals surface area contributed by atoms with Crippen LogP contribution in [0.15, 0.2) is 42.5 Å². The van der Waals surface area contributed by atoms with E-state index in [0.29, 0.717) is 27.8 Å². The summed E-state index contributed by atoms with van der Waals surface area (Å²) in [4.78, 5) is 24.3. The van der Waals surface area contributed by atoms with Gasteiger partial charge in [-0.1, -0.05) is 47.5 Å². The average Bonchev–Trinajstić information content (AvgIpc) is 3.45. The van der Waals surface area contributed by atoms with Crippen molar-refractivity contribution in [2.45, 2.75) is 18.4 Å². The van der Waals surface area contributed by atoms with Gasteiger partial charge in [0.15, 0.2) is 0 Å². The minimum atomic E-state index is -1.02. The Bertz CT molecular complexity index is 890. The van der Waals surface area contributed by atoms with E-state index in [1.807, 2.05) is 6.07 Å². The zero-order valence-electron chi connectivity index (χ0n) is 14.5. The number of carbonyl (C=O) groups excluding carboxylic acids is 2. The third-order valence-electron chi connectivity index (χ3n) is 4.79. The van der Waals surface area contributed by atoms with Crippen molar-refractivity contribution in [3.8, 4) is 5.75 Å². The Morgan fingerprint density at radius 1 is 1.26 bits per heavy atom. The van der Waals surface area contributed by atoms with Crippen molar-refractivity contribution in [3.05, 3.63) is 63.6 Å². The van der Waals surface area contributed by atoms with Gasteiger partial charge in [0.1, 0.15) is 12.4 Å². The fraction of sp³-hybridized carbons (Fsp3) is 0.263. The summed E-state index contributed by atoms with van der Waals surface area (Å²) in [5.74, 6) is -0.983. The molecular weight excluding hydrogens is 391 g/mol. The number of ether oxygens (including phenoxy) is 1. The van der Waals surface area contributed by atoms with Gasteiger partial charge in [0.05, 0.1) is 21.4 Å². The van der Waals surface area contributed by atoms with E-state index in [-0.39, 0.29) is 12.5 Å². The summed E-state index contributed by atoms with van der Waals surface area (Å²) in [7, 11) is 1.51. The minimum Gasteiger partial charge on any atom is -0.489 e. The van der Waals surface area contributed by atoms with Crippen molar-refractivity contribution in [3.63, 3.8) is 0 Å². The van der Waals surface area contributed by atoms with Crippen LogP contribution in [0.25, 0.3) is 0 Å². The van der Waals surface area contributed by atoms with Crippen LogP contribution in [0.5, 0.6) is 5.75 Å². The van der Waals surface area contributed by atoms with Crippen LogP contribution < -0.4 is 15.5 Å². The Kier molecular flexibility index (Phi) is 5.60. The summed E-state index contributed by atoms with van der Waals surface area (Å²) < 4.78 is 5.80. The number of hydroxylamine groups is 1. The molecule has 27 heavy (non-hydrogen) atoms. The van der Waals surface area contributed by atoms with E-state index in [9.17, 15) is 9.59 Å². The topological polar surface area (TPSA) is 87.7 Å². The number of benzene rings is 2. The Morgan fingerprint density at radius 2 is 2.00 bits per heavy atom. The van der Waals surface area contributed by atoms with Crippen LogP contribution >= 0.6 is 23.2 Å². The summed E-state index contributed by atoms with van der Waals surface area (Å²) >= 11 is 12.2. The molecule has 2 aromatic rings. The Morgan fingerprint density at radius 3 is 2.70 bits per heavy atom. The summed E-state index contributed by atoms with van der Waals surface area (Å²) in [6.07, 6.45) is 0.308. The van der Waals surface area contributed by atoms with Gasteiger partial charge in [-0.25, -0.2) is 5.48 Å². The highest BCUT2D eigenvalue weighted by Gasteiger charge is 2.64. The fourth-order valence-electron chi connectivity index (χ4n) is 3.27. The van der Waals surface area contributed by atoms with E-state index in [1.165, 1.54) is 7.05 Å². The van der Waals surface area contributed by atoms with Gasteiger partial charge in [-0.15, -0.1) is 0 Å². The first kappa shape index (κ1) is 19.5. The second-order valence-corrected chi connectivity index (χ2v) is 7.10. The molecule has 3 rings (SSSR count). The zero-order valence-corrected chi connectivity index (χ0v) is 16.0. The third-order valence-corrected chi connectivity index (χ3v) is 5.65. The summed E-state index contributed by atoms with van der Waals surface area (Å²) in [6, 6.07) is 12.3. The van der Waals surface area contributed by atoms with Gasteiger partial charge in [-0.3, -0.25) is 14.8 Å². The minimum absolute atomic E-state index is 0.205. The second kappa shape index (κ2) is 7.76. The predicted octanol–water partition coefficient (Wildman–Crippen LogP) is 3.08. The number of amides is 2. The molecule has 0 aromatic heterocycles. The van der Waals surface area contributed by atoms with Crippen LogP contribution in [0.2, 0.25) is 10.0 Å². The van der Waals surface area contributed by atoms with Crippen molar-refractivity contribution in [1.82, 2.24) is 10.8 Å². The van der Waals surface area contributed by atoms with Gasteiger partial charge in [0.2, 0.25) is 11.8 Å². The van der Waals surface area contributed by atoms with E-state index in [4.69, 9.17) is 33.1 Å². The number of hydrogen-bond donors (Lipinski definition) is 3. The Labute approximate surface area is 166 Å². The normalized spacial score (nSPS) is 20.7. The molecule has 0 radical (unpaired) electrons. The SMILES string of the molecule is CNC(=O)[C@@]1(c2cccc(OCc3cccc(Cl)c3Cl)c2)C[C@@H]1C(=O)NO. The first-order valence-corrected chi connectivity index (χ1v) is 9.02. The van der Waals surface area contributed by atoms with Gasteiger partial charge in [0, 0.05) is 12.6 Å². The second-order valence-electron chi connectivity index (χ2n) is 6.31. The molecule has 8 heteroatoms. The van der Waals surface area contributed by atoms with Gasteiger partial charge in [-0.05, 0) is 30.2 Å². The largest absolute Gasteiger partial charge is 0.489 e. The molecule has 6 nitrogen and oxygen atoms in total. The highest BCUT2D eigenvalue weighted by atomic mass is 35.5. The predicted molar refractivity (Wildman–Crippen MR) is 101 cm³/mol. The average molecular weight is 409 g/mol. The summed E-state index contributed by atoms with van der Waals surface area (Å²) in [5, 5.41) is 12.4. The number of halogens is 2. The third kappa shape index (κ3) is 3.60. The first-order valence-electron chi connectivity index (χ1n) is 8.26. The zero-order chi connectivity index (χ0) is 19.6. The van der Waals surface area contributed by atoms with Crippen molar-refractivity contribution in [2.24, 2.45) is 5.92 Å². The number of likely N-dealkylation sites (N-methyl/N-ethyl adjacent to an activating group) is 1. The van der Waals surface area contributed by atoms with Gasteiger partial charge < -0.3 is 10.1 Å². The lowest BCUT2D eigenvalue weighted by Gasteiger charge is -2.17. The fourth-order valence-corrected chi connectivity index (χ4v) is 3.64. The maximum Gasteiger partial charge on any atom is 0.247 e. The van der Waals surface area contributed by atoms with Crippen molar-refractivity contribution in [1.29, 1.82) is 0 Å². The highest BCUT2D eigenvalue weighted by Crippen LogP contribution is 2.55. The van der Waals surface area contributed by atoms with Crippen molar-refractivity contribution < 1.29 is 19.5 Å². The molecule has 1 fully saturated rings. The molecular formula is C19H18Cl2N2O4. The molecule has 0 unspecified atom stereocenters. The molecule has 0 aliphatic heterocycles. The smallest absolute Gasteiger partial charge is 0.247 e. The standard InChI is InChI=1S/C19H18Cl2N2O4/c1-22-18(25)19(9-14(19)17(24)23-26)12-5-3-6-13(8-12)27-10-11-4-2-7-15(20)16(11)21/h2-8,14,26H,9-10H2,1H3,(H,22,25)(H,23,24)/t14-,19-/m1/s1. The highest BCUT2D eigenvalue weighted by molar-refractivity contribution is 6.42. The van der Waals surface area contributed by atoms with Gasteiger partial charge in [-0.2, -0.15) is 0 Å². The van der Waals surface area contributed by atoms with E-state index in [1.54, 1.807) is 41.9 Å². The van der Waals surface area contributed by atoms with E-state index in [2.05, 4.69) is 5.32 Å². The molecule has 1 aliphatic rings. The van der Waals surface area contributed by atoms with E-state index < -0.39 is 17.2 Å². The quantitative estimate of drug-likeness (QED) is 0.506. The number of hydrogen-bond acceptors (Lipinski definition) is 4. The van der Waals surface area contributed by atoms with Crippen LogP contribution in [0.3, 0.4) is 0 Å². The number of carbonyl (C=O) groups is 2. The number of nitrogens with one attached hydrogen (secondary N) is 2. The van der Waals surface area contributed by atoms with Crippen LogP contribution in [0.4, 0.5) is 0 Å². The molecule has 0 spiro atoms. The molecule has 1 aliphatic carbocycles. The summed E-state index contributed by atoms with van der Waals surface area (Å²) in [6.45, 7) is 0.205. The molecule has 0 heterocycles. The molecule has 142 valence electrons. The van der Waals surface area contributed by atoms with E-state index >= 15 is 0 Å². The summed E-state index contributed by atoms with van der Waals surface area (Å²) in [5.41, 5.74) is 1.99. The van der Waals surface area contributed by atoms with Crippen LogP contribution in [0, 0.1) is 5.92 Å². The molecule has 2 aromatic carbocycles. The van der Waals surface area contributed by atoms with Gasteiger partial charge >= 0.3 is 0 Å².